The first-order chi connectivity index (χ1) is 6.11. The minimum absolute atomic E-state index is 0.0110. The van der Waals surface area contributed by atoms with Crippen LogP contribution < -0.4 is 11.5 Å². The SMILES string of the molecule is NC(=O)COCC1CCN1C(N)=O. The molecule has 1 heterocycles. The van der Waals surface area contributed by atoms with Crippen LogP contribution in [-0.4, -0.2) is 42.6 Å². The Morgan fingerprint density at radius 2 is 2.15 bits per heavy atom. The summed E-state index contributed by atoms with van der Waals surface area (Å²) in [6, 6.07) is -0.434. The summed E-state index contributed by atoms with van der Waals surface area (Å²) in [5.41, 5.74) is 9.92. The van der Waals surface area contributed by atoms with E-state index in [9.17, 15) is 9.59 Å². The van der Waals surface area contributed by atoms with Crippen molar-refractivity contribution in [2.75, 3.05) is 19.8 Å². The molecule has 1 rings (SSSR count). The van der Waals surface area contributed by atoms with Crippen molar-refractivity contribution in [2.45, 2.75) is 12.5 Å². The standard InChI is InChI=1S/C7H13N3O3/c8-6(11)4-13-3-5-1-2-10(5)7(9)12/h5H,1-4H2,(H2,8,11)(H2,9,12). The average Bonchev–Trinajstić information content (AvgIpc) is 1.93. The number of hydrogen-bond acceptors (Lipinski definition) is 3. The van der Waals surface area contributed by atoms with Gasteiger partial charge in [0.25, 0.3) is 0 Å². The highest BCUT2D eigenvalue weighted by molar-refractivity contribution is 5.75. The lowest BCUT2D eigenvalue weighted by Crippen LogP contribution is -2.55. The van der Waals surface area contributed by atoms with Gasteiger partial charge in [-0.2, -0.15) is 0 Å². The van der Waals surface area contributed by atoms with Crippen molar-refractivity contribution < 1.29 is 14.3 Å². The second kappa shape index (κ2) is 4.08. The molecule has 0 bridgehead atoms. The van der Waals surface area contributed by atoms with Crippen LogP contribution in [0, 0.1) is 0 Å². The number of nitrogens with zero attached hydrogens (tertiary/aromatic N) is 1. The summed E-state index contributed by atoms with van der Waals surface area (Å²) in [5, 5.41) is 0. The summed E-state index contributed by atoms with van der Waals surface area (Å²) < 4.78 is 4.96. The van der Waals surface area contributed by atoms with Crippen LogP contribution in [0.3, 0.4) is 0 Å². The molecule has 13 heavy (non-hydrogen) atoms. The second-order valence-electron chi connectivity index (χ2n) is 2.96. The molecule has 74 valence electrons. The molecule has 0 aliphatic carbocycles. The molecule has 1 aliphatic rings. The van der Waals surface area contributed by atoms with Gasteiger partial charge in [-0.1, -0.05) is 0 Å². The molecule has 6 heteroatoms. The molecule has 1 aliphatic heterocycles. The molecule has 0 spiro atoms. The van der Waals surface area contributed by atoms with E-state index in [0.717, 1.165) is 6.42 Å². The average molecular weight is 187 g/mol. The van der Waals surface area contributed by atoms with Gasteiger partial charge in [-0.15, -0.1) is 0 Å². The highest BCUT2D eigenvalue weighted by atomic mass is 16.5. The van der Waals surface area contributed by atoms with E-state index < -0.39 is 11.9 Å². The van der Waals surface area contributed by atoms with Crippen LogP contribution in [0.15, 0.2) is 0 Å². The molecule has 0 aromatic rings. The third-order valence-corrected chi connectivity index (χ3v) is 1.98. The van der Waals surface area contributed by atoms with Crippen LogP contribution in [0.1, 0.15) is 6.42 Å². The first-order valence-corrected chi connectivity index (χ1v) is 4.03. The van der Waals surface area contributed by atoms with Crippen LogP contribution >= 0.6 is 0 Å². The van der Waals surface area contributed by atoms with Gasteiger partial charge in [0.05, 0.1) is 12.6 Å². The zero-order chi connectivity index (χ0) is 9.84. The fraction of sp³-hybridized carbons (Fsp3) is 0.714. The fourth-order valence-electron chi connectivity index (χ4n) is 1.20. The van der Waals surface area contributed by atoms with Crippen molar-refractivity contribution in [3.63, 3.8) is 0 Å². The molecule has 4 N–H and O–H groups in total. The molecule has 0 radical (unpaired) electrons. The van der Waals surface area contributed by atoms with Gasteiger partial charge in [-0.25, -0.2) is 4.79 Å². The lowest BCUT2D eigenvalue weighted by Gasteiger charge is -2.39. The third kappa shape index (κ3) is 2.59. The molecule has 1 saturated heterocycles. The number of nitrogens with two attached hydrogens (primary N) is 2. The summed E-state index contributed by atoms with van der Waals surface area (Å²) in [5.74, 6) is -0.509. The Kier molecular flexibility index (Phi) is 3.07. The Morgan fingerprint density at radius 1 is 1.46 bits per heavy atom. The molecule has 0 aromatic heterocycles. The van der Waals surface area contributed by atoms with Crippen molar-refractivity contribution in [1.82, 2.24) is 4.90 Å². The molecule has 1 unspecified atom stereocenters. The largest absolute Gasteiger partial charge is 0.370 e. The lowest BCUT2D eigenvalue weighted by molar-refractivity contribution is -0.123. The van der Waals surface area contributed by atoms with Crippen molar-refractivity contribution in [3.05, 3.63) is 0 Å². The molecule has 0 saturated carbocycles. The minimum Gasteiger partial charge on any atom is -0.370 e. The number of hydrogen-bond donors (Lipinski definition) is 2. The van der Waals surface area contributed by atoms with E-state index in [1.54, 1.807) is 0 Å². The summed E-state index contributed by atoms with van der Waals surface area (Å²) in [4.78, 5) is 22.5. The number of amides is 3. The molecule has 0 aromatic carbocycles. The van der Waals surface area contributed by atoms with Gasteiger partial charge in [0.1, 0.15) is 6.61 Å². The summed E-state index contributed by atoms with van der Waals surface area (Å²) in [6.07, 6.45) is 0.863. The van der Waals surface area contributed by atoms with Gasteiger partial charge in [0.2, 0.25) is 5.91 Å². The van der Waals surface area contributed by atoms with Crippen molar-refractivity contribution >= 4 is 11.9 Å². The lowest BCUT2D eigenvalue weighted by atomic mass is 10.1. The van der Waals surface area contributed by atoms with E-state index in [-0.39, 0.29) is 12.6 Å². The number of carbonyl (C=O) groups is 2. The number of primary amides is 2. The number of carbonyl (C=O) groups excluding carboxylic acids is 2. The maximum atomic E-state index is 10.7. The van der Waals surface area contributed by atoms with Crippen LogP contribution in [0.4, 0.5) is 4.79 Å². The fourth-order valence-corrected chi connectivity index (χ4v) is 1.20. The molecular weight excluding hydrogens is 174 g/mol. The molecule has 3 amide bonds. The maximum Gasteiger partial charge on any atom is 0.315 e. The van der Waals surface area contributed by atoms with Gasteiger partial charge < -0.3 is 21.1 Å². The van der Waals surface area contributed by atoms with Gasteiger partial charge in [-0.05, 0) is 6.42 Å². The van der Waals surface area contributed by atoms with Crippen molar-refractivity contribution in [3.8, 4) is 0 Å². The Labute approximate surface area is 75.8 Å². The number of ether oxygens (including phenoxy) is 1. The van der Waals surface area contributed by atoms with Gasteiger partial charge in [0, 0.05) is 6.54 Å². The first kappa shape index (κ1) is 9.79. The Balaban J connectivity index is 2.15. The Bertz CT molecular complexity index is 219. The second-order valence-corrected chi connectivity index (χ2v) is 2.96. The van der Waals surface area contributed by atoms with Crippen molar-refractivity contribution in [1.29, 1.82) is 0 Å². The first-order valence-electron chi connectivity index (χ1n) is 4.03. The predicted octanol–water partition coefficient (Wildman–Crippen LogP) is -1.36. The zero-order valence-electron chi connectivity index (χ0n) is 7.23. The minimum atomic E-state index is -0.509. The monoisotopic (exact) mass is 187 g/mol. The van der Waals surface area contributed by atoms with E-state index >= 15 is 0 Å². The Hall–Kier alpha value is -1.30. The highest BCUT2D eigenvalue weighted by Gasteiger charge is 2.30. The normalized spacial score (nSPS) is 20.9. The zero-order valence-corrected chi connectivity index (χ0v) is 7.23. The smallest absolute Gasteiger partial charge is 0.315 e. The molecule has 1 atom stereocenters. The summed E-state index contributed by atoms with van der Waals surface area (Å²) in [6.45, 7) is 0.884. The van der Waals surface area contributed by atoms with E-state index in [2.05, 4.69) is 0 Å². The van der Waals surface area contributed by atoms with Gasteiger partial charge in [-0.3, -0.25) is 4.79 Å². The Morgan fingerprint density at radius 3 is 2.54 bits per heavy atom. The summed E-state index contributed by atoms with van der Waals surface area (Å²) >= 11 is 0. The number of urea groups is 1. The van der Waals surface area contributed by atoms with Crippen LogP contribution in [0.5, 0.6) is 0 Å². The quantitative estimate of drug-likeness (QED) is 0.568. The van der Waals surface area contributed by atoms with E-state index in [4.69, 9.17) is 16.2 Å². The van der Waals surface area contributed by atoms with Gasteiger partial charge >= 0.3 is 6.03 Å². The van der Waals surface area contributed by atoms with E-state index in [1.807, 2.05) is 0 Å². The molecular formula is C7H13N3O3. The predicted molar refractivity (Wildman–Crippen MR) is 44.7 cm³/mol. The highest BCUT2D eigenvalue weighted by Crippen LogP contribution is 2.16. The van der Waals surface area contributed by atoms with E-state index in [0.29, 0.717) is 13.2 Å². The van der Waals surface area contributed by atoms with Crippen LogP contribution in [0.2, 0.25) is 0 Å². The van der Waals surface area contributed by atoms with Crippen LogP contribution in [0.25, 0.3) is 0 Å². The molecule has 1 fully saturated rings. The van der Waals surface area contributed by atoms with Crippen LogP contribution in [-0.2, 0) is 9.53 Å². The van der Waals surface area contributed by atoms with Gasteiger partial charge in [0.15, 0.2) is 0 Å². The number of rotatable bonds is 4. The topological polar surface area (TPSA) is 98.7 Å². The maximum absolute atomic E-state index is 10.7. The van der Waals surface area contributed by atoms with E-state index in [1.165, 1.54) is 4.90 Å². The summed E-state index contributed by atoms with van der Waals surface area (Å²) in [7, 11) is 0. The number of likely N-dealkylation sites (tertiary alicyclic amines) is 1. The third-order valence-electron chi connectivity index (χ3n) is 1.98. The molecule has 6 nitrogen and oxygen atoms in total. The van der Waals surface area contributed by atoms with Crippen molar-refractivity contribution in [2.24, 2.45) is 11.5 Å².